The number of imidazole rings is 1. The van der Waals surface area contributed by atoms with Crippen molar-refractivity contribution in [3.05, 3.63) is 53.9 Å². The van der Waals surface area contributed by atoms with Crippen LogP contribution in [-0.4, -0.2) is 37.0 Å². The fourth-order valence-electron chi connectivity index (χ4n) is 3.38. The van der Waals surface area contributed by atoms with Crippen molar-refractivity contribution in [2.75, 3.05) is 18.2 Å². The maximum absolute atomic E-state index is 12.7. The number of hydrogen-bond acceptors (Lipinski definition) is 5. The third-order valence-electron chi connectivity index (χ3n) is 5.01. The predicted octanol–water partition coefficient (Wildman–Crippen LogP) is 3.89. The van der Waals surface area contributed by atoms with Crippen LogP contribution >= 0.6 is 0 Å². The monoisotopic (exact) mass is 443 g/mol. The SMILES string of the molecule is CCc1nc2c(OCc3ccc(S(C)(=O)=O)cc3)cccn2c1N(C)C(=O)CC(C)C. The fraction of sp³-hybridized carbons (Fsp3) is 0.391. The number of fused-ring (bicyclic) bond motifs is 1. The Kier molecular flexibility index (Phi) is 6.69. The van der Waals surface area contributed by atoms with Crippen molar-refractivity contribution in [2.45, 2.75) is 45.1 Å². The van der Waals surface area contributed by atoms with E-state index in [1.165, 1.54) is 6.26 Å². The molecule has 0 aliphatic carbocycles. The van der Waals surface area contributed by atoms with Crippen molar-refractivity contribution in [3.63, 3.8) is 0 Å². The van der Waals surface area contributed by atoms with Crippen LogP contribution in [0.2, 0.25) is 0 Å². The highest BCUT2D eigenvalue weighted by atomic mass is 32.2. The number of pyridine rings is 1. The molecular weight excluding hydrogens is 414 g/mol. The Morgan fingerprint density at radius 3 is 2.45 bits per heavy atom. The lowest BCUT2D eigenvalue weighted by Gasteiger charge is -2.19. The fourth-order valence-corrected chi connectivity index (χ4v) is 4.01. The zero-order valence-corrected chi connectivity index (χ0v) is 19.4. The Hall–Kier alpha value is -2.87. The van der Waals surface area contributed by atoms with Gasteiger partial charge in [-0.05, 0) is 42.2 Å². The molecular formula is C23H29N3O4S. The van der Waals surface area contributed by atoms with Crippen LogP contribution in [0.4, 0.5) is 5.82 Å². The highest BCUT2D eigenvalue weighted by Crippen LogP contribution is 2.29. The van der Waals surface area contributed by atoms with Crippen LogP contribution in [0.3, 0.4) is 0 Å². The molecule has 0 saturated heterocycles. The summed E-state index contributed by atoms with van der Waals surface area (Å²) in [6.07, 6.45) is 4.21. The molecule has 31 heavy (non-hydrogen) atoms. The van der Waals surface area contributed by atoms with E-state index in [1.807, 2.05) is 43.5 Å². The quantitative estimate of drug-likeness (QED) is 0.528. The van der Waals surface area contributed by atoms with E-state index in [0.29, 0.717) is 24.2 Å². The molecule has 7 nitrogen and oxygen atoms in total. The first kappa shape index (κ1) is 22.8. The molecule has 1 aromatic carbocycles. The van der Waals surface area contributed by atoms with E-state index in [0.717, 1.165) is 17.1 Å². The first-order valence-electron chi connectivity index (χ1n) is 10.3. The number of benzene rings is 1. The van der Waals surface area contributed by atoms with E-state index in [1.54, 1.807) is 36.2 Å². The van der Waals surface area contributed by atoms with Gasteiger partial charge in [-0.3, -0.25) is 14.1 Å². The number of ether oxygens (including phenoxy) is 1. The highest BCUT2D eigenvalue weighted by Gasteiger charge is 2.22. The van der Waals surface area contributed by atoms with Crippen LogP contribution in [0.15, 0.2) is 47.5 Å². The van der Waals surface area contributed by atoms with Crippen LogP contribution in [0.5, 0.6) is 5.75 Å². The van der Waals surface area contributed by atoms with Crippen molar-refractivity contribution in [2.24, 2.45) is 5.92 Å². The smallest absolute Gasteiger partial charge is 0.228 e. The molecule has 2 aromatic heterocycles. The summed E-state index contributed by atoms with van der Waals surface area (Å²) in [4.78, 5) is 19.4. The minimum absolute atomic E-state index is 0.0452. The van der Waals surface area contributed by atoms with Crippen LogP contribution in [0.1, 0.15) is 38.4 Å². The second-order valence-corrected chi connectivity index (χ2v) is 10.1. The van der Waals surface area contributed by atoms with Gasteiger partial charge < -0.3 is 4.74 Å². The predicted molar refractivity (Wildman–Crippen MR) is 121 cm³/mol. The maximum atomic E-state index is 12.7. The zero-order valence-electron chi connectivity index (χ0n) is 18.6. The first-order valence-corrected chi connectivity index (χ1v) is 12.2. The lowest BCUT2D eigenvalue weighted by atomic mass is 10.1. The van der Waals surface area contributed by atoms with Crippen LogP contribution < -0.4 is 9.64 Å². The average Bonchev–Trinajstić information content (AvgIpc) is 3.10. The molecule has 166 valence electrons. The van der Waals surface area contributed by atoms with E-state index in [2.05, 4.69) is 0 Å². The minimum atomic E-state index is -3.23. The summed E-state index contributed by atoms with van der Waals surface area (Å²) < 4.78 is 31.1. The molecule has 0 spiro atoms. The summed E-state index contributed by atoms with van der Waals surface area (Å²) in [7, 11) is -1.45. The molecule has 0 atom stereocenters. The van der Waals surface area contributed by atoms with E-state index < -0.39 is 9.84 Å². The maximum Gasteiger partial charge on any atom is 0.228 e. The Morgan fingerprint density at radius 1 is 1.19 bits per heavy atom. The number of aromatic nitrogens is 2. The number of anilines is 1. The Balaban J connectivity index is 1.89. The molecule has 0 N–H and O–H groups in total. The van der Waals surface area contributed by atoms with Crippen LogP contribution in [0, 0.1) is 5.92 Å². The summed E-state index contributed by atoms with van der Waals surface area (Å²) in [5, 5.41) is 0. The molecule has 0 bridgehead atoms. The van der Waals surface area contributed by atoms with Gasteiger partial charge in [0.25, 0.3) is 0 Å². The number of nitrogens with zero attached hydrogens (tertiary/aromatic N) is 3. The third kappa shape index (κ3) is 5.07. The average molecular weight is 444 g/mol. The van der Waals surface area contributed by atoms with Crippen molar-refractivity contribution in [3.8, 4) is 5.75 Å². The number of carbonyl (C=O) groups is 1. The van der Waals surface area contributed by atoms with Gasteiger partial charge >= 0.3 is 0 Å². The Bertz CT molecular complexity index is 1180. The standard InChI is InChI=1S/C23H29N3O4S/c1-6-19-23(25(4)21(27)14-16(2)3)26-13-7-8-20(22(26)24-19)30-15-17-9-11-18(12-10-17)31(5,28)29/h7-13,16H,6,14-15H2,1-5H3. The van der Waals surface area contributed by atoms with Crippen LogP contribution in [-0.2, 0) is 27.7 Å². The normalized spacial score (nSPS) is 11.8. The number of aryl methyl sites for hydroxylation is 1. The van der Waals surface area contributed by atoms with Gasteiger partial charge in [-0.15, -0.1) is 0 Å². The molecule has 0 aliphatic rings. The molecule has 0 aliphatic heterocycles. The van der Waals surface area contributed by atoms with Gasteiger partial charge in [-0.25, -0.2) is 13.4 Å². The molecule has 8 heteroatoms. The van der Waals surface area contributed by atoms with Crippen molar-refractivity contribution in [1.82, 2.24) is 9.38 Å². The van der Waals surface area contributed by atoms with E-state index in [4.69, 9.17) is 9.72 Å². The largest absolute Gasteiger partial charge is 0.485 e. The zero-order chi connectivity index (χ0) is 22.8. The van der Waals surface area contributed by atoms with E-state index >= 15 is 0 Å². The lowest BCUT2D eigenvalue weighted by Crippen LogP contribution is -2.29. The number of hydrogen-bond donors (Lipinski definition) is 0. The highest BCUT2D eigenvalue weighted by molar-refractivity contribution is 7.90. The molecule has 2 heterocycles. The third-order valence-corrected chi connectivity index (χ3v) is 6.14. The summed E-state index contributed by atoms with van der Waals surface area (Å²) in [5.74, 6) is 1.67. The van der Waals surface area contributed by atoms with Crippen molar-refractivity contribution < 1.29 is 17.9 Å². The molecule has 0 radical (unpaired) electrons. The van der Waals surface area contributed by atoms with Gasteiger partial charge in [-0.2, -0.15) is 0 Å². The molecule has 1 amide bonds. The van der Waals surface area contributed by atoms with Gasteiger partial charge in [0.05, 0.1) is 10.6 Å². The van der Waals surface area contributed by atoms with Gasteiger partial charge in [0.1, 0.15) is 12.4 Å². The second-order valence-electron chi connectivity index (χ2n) is 8.06. The van der Waals surface area contributed by atoms with E-state index in [9.17, 15) is 13.2 Å². The van der Waals surface area contributed by atoms with Crippen LogP contribution in [0.25, 0.3) is 5.65 Å². The summed E-state index contributed by atoms with van der Waals surface area (Å²) in [6, 6.07) is 10.3. The van der Waals surface area contributed by atoms with Crippen molar-refractivity contribution in [1.29, 1.82) is 0 Å². The summed E-state index contributed by atoms with van der Waals surface area (Å²) in [5.41, 5.74) is 2.32. The van der Waals surface area contributed by atoms with E-state index in [-0.39, 0.29) is 23.3 Å². The lowest BCUT2D eigenvalue weighted by molar-refractivity contribution is -0.119. The molecule has 0 unspecified atom stereocenters. The van der Waals surface area contributed by atoms with Gasteiger partial charge in [0, 0.05) is 25.9 Å². The molecule has 3 aromatic rings. The molecule has 0 fully saturated rings. The molecule has 0 saturated carbocycles. The number of rotatable bonds is 8. The number of amides is 1. The number of carbonyl (C=O) groups excluding carboxylic acids is 1. The van der Waals surface area contributed by atoms with Gasteiger partial charge in [-0.1, -0.05) is 32.9 Å². The summed E-state index contributed by atoms with van der Waals surface area (Å²) >= 11 is 0. The summed E-state index contributed by atoms with van der Waals surface area (Å²) in [6.45, 7) is 6.33. The Morgan fingerprint density at radius 2 is 1.87 bits per heavy atom. The molecule has 3 rings (SSSR count). The van der Waals surface area contributed by atoms with Crippen molar-refractivity contribution >= 4 is 27.2 Å². The van der Waals surface area contributed by atoms with Gasteiger partial charge in [0.2, 0.25) is 5.91 Å². The van der Waals surface area contributed by atoms with Gasteiger partial charge in [0.15, 0.2) is 21.2 Å². The second kappa shape index (κ2) is 9.09. The topological polar surface area (TPSA) is 81.0 Å². The minimum Gasteiger partial charge on any atom is -0.485 e. The Labute approximate surface area is 183 Å². The first-order chi connectivity index (χ1) is 14.6. The number of sulfone groups is 1.